The average Bonchev–Trinajstić information content (AvgIpc) is 3.66. The Morgan fingerprint density at radius 2 is 1.32 bits per heavy atom. The van der Waals surface area contributed by atoms with E-state index in [0.29, 0.717) is 19.1 Å². The van der Waals surface area contributed by atoms with Crippen LogP contribution in [0.4, 0.5) is 0 Å². The lowest BCUT2D eigenvalue weighted by atomic mass is 9.51. The van der Waals surface area contributed by atoms with Gasteiger partial charge in [0.05, 0.1) is 19.3 Å². The number of hydrogen-bond donors (Lipinski definition) is 1. The number of aliphatic hydroxyl groups is 1. The highest BCUT2D eigenvalue weighted by Gasteiger charge is 2.66. The van der Waals surface area contributed by atoms with Gasteiger partial charge in [0.25, 0.3) is 8.32 Å². The monoisotopic (exact) mass is 720 g/mol. The average molecular weight is 721 g/mol. The molecular formula is C43H68O5Si2. The highest BCUT2D eigenvalue weighted by atomic mass is 28.4. The van der Waals surface area contributed by atoms with Crippen molar-refractivity contribution in [1.82, 2.24) is 0 Å². The van der Waals surface area contributed by atoms with Crippen molar-refractivity contribution >= 4 is 27.0 Å². The van der Waals surface area contributed by atoms with Crippen molar-refractivity contribution in [2.45, 2.75) is 148 Å². The van der Waals surface area contributed by atoms with Crippen molar-refractivity contribution < 1.29 is 23.4 Å². The Morgan fingerprint density at radius 3 is 1.86 bits per heavy atom. The molecule has 1 spiro atoms. The Balaban J connectivity index is 1.32. The summed E-state index contributed by atoms with van der Waals surface area (Å²) in [5.74, 6) is 0.320. The molecule has 278 valence electrons. The summed E-state index contributed by atoms with van der Waals surface area (Å²) in [7, 11) is -4.60. The van der Waals surface area contributed by atoms with E-state index in [0.717, 1.165) is 58.0 Å². The van der Waals surface area contributed by atoms with Crippen LogP contribution in [0.3, 0.4) is 0 Å². The lowest BCUT2D eigenvalue weighted by Crippen LogP contribution is -2.68. The van der Waals surface area contributed by atoms with Crippen molar-refractivity contribution in [1.29, 1.82) is 0 Å². The van der Waals surface area contributed by atoms with Crippen molar-refractivity contribution in [3.8, 4) is 0 Å². The number of benzene rings is 2. The molecule has 2 aromatic rings. The fourth-order valence-corrected chi connectivity index (χ4v) is 16.5. The third-order valence-corrected chi connectivity index (χ3v) is 24.5. The predicted octanol–water partition coefficient (Wildman–Crippen LogP) is 9.08. The molecule has 4 fully saturated rings. The largest absolute Gasteiger partial charge is 0.417 e. The van der Waals surface area contributed by atoms with E-state index in [4.69, 9.17) is 18.3 Å². The fraction of sp³-hybridized carbons (Fsp3) is 0.721. The van der Waals surface area contributed by atoms with Crippen LogP contribution in [-0.4, -0.2) is 59.6 Å². The van der Waals surface area contributed by atoms with Gasteiger partial charge in [-0.15, -0.1) is 0 Å². The van der Waals surface area contributed by atoms with Crippen LogP contribution in [0.25, 0.3) is 0 Å². The van der Waals surface area contributed by atoms with Gasteiger partial charge in [-0.25, -0.2) is 0 Å². The minimum atomic E-state index is -2.70. The SMILES string of the molecule is CC(C)(C)[Si](C)(C)OCC[C@H]1C[C@@H](O[Si](c2ccccc2)(c2ccccc2)C(C)(C)C)CC[C@]1(C)[C@H]1CC[C@@]2(C)[C@@H](CCC23OCCO3)[C@@H]1O. The minimum absolute atomic E-state index is 0.00399. The molecule has 1 heterocycles. The van der Waals surface area contributed by atoms with E-state index >= 15 is 0 Å². The second-order valence-electron chi connectivity index (χ2n) is 19.4. The Bertz CT molecular complexity index is 1390. The zero-order chi connectivity index (χ0) is 36.2. The predicted molar refractivity (Wildman–Crippen MR) is 210 cm³/mol. The molecule has 2 aromatic carbocycles. The summed E-state index contributed by atoms with van der Waals surface area (Å²) < 4.78 is 27.4. The molecule has 50 heavy (non-hydrogen) atoms. The molecule has 0 radical (unpaired) electrons. The molecule has 0 unspecified atom stereocenters. The van der Waals surface area contributed by atoms with Crippen molar-refractivity contribution in [3.63, 3.8) is 0 Å². The van der Waals surface area contributed by atoms with E-state index in [9.17, 15) is 5.11 Å². The topological polar surface area (TPSA) is 57.2 Å². The summed E-state index contributed by atoms with van der Waals surface area (Å²) >= 11 is 0. The Morgan fingerprint density at radius 1 is 0.760 bits per heavy atom. The van der Waals surface area contributed by atoms with Gasteiger partial charge in [0.2, 0.25) is 0 Å². The van der Waals surface area contributed by atoms with E-state index in [1.54, 1.807) is 0 Å². The number of fused-ring (bicyclic) bond motifs is 2. The zero-order valence-corrected chi connectivity index (χ0v) is 35.0. The van der Waals surface area contributed by atoms with Gasteiger partial charge < -0.3 is 23.4 Å². The Labute approximate surface area is 306 Å². The zero-order valence-electron chi connectivity index (χ0n) is 33.0. The van der Waals surface area contributed by atoms with Gasteiger partial charge in [0, 0.05) is 24.5 Å². The number of ether oxygens (including phenoxy) is 2. The molecule has 0 amide bonds. The first-order valence-electron chi connectivity index (χ1n) is 19.8. The van der Waals surface area contributed by atoms with Crippen molar-refractivity contribution in [2.24, 2.45) is 28.6 Å². The van der Waals surface area contributed by atoms with Crippen LogP contribution in [0.5, 0.6) is 0 Å². The Kier molecular flexibility index (Phi) is 10.6. The first-order chi connectivity index (χ1) is 23.4. The molecule has 0 bridgehead atoms. The maximum absolute atomic E-state index is 12.4. The fourth-order valence-electron chi connectivity index (χ4n) is 10.7. The highest BCUT2D eigenvalue weighted by Crippen LogP contribution is 2.65. The third-order valence-electron chi connectivity index (χ3n) is 14.9. The molecule has 6 rings (SSSR count). The van der Waals surface area contributed by atoms with Gasteiger partial charge >= 0.3 is 0 Å². The van der Waals surface area contributed by atoms with Crippen molar-refractivity contribution in [2.75, 3.05) is 19.8 Å². The number of rotatable bonds is 9. The summed E-state index contributed by atoms with van der Waals surface area (Å²) in [5.41, 5.74) is -0.143. The molecule has 0 aromatic heterocycles. The molecule has 3 saturated carbocycles. The molecule has 7 atom stereocenters. The normalized spacial score (nSPS) is 33.5. The molecule has 3 aliphatic carbocycles. The van der Waals surface area contributed by atoms with Crippen LogP contribution >= 0.6 is 0 Å². The van der Waals surface area contributed by atoms with Gasteiger partial charge in [-0.1, -0.05) is 116 Å². The molecular weight excluding hydrogens is 653 g/mol. The maximum Gasteiger partial charge on any atom is 0.261 e. The summed E-state index contributed by atoms with van der Waals surface area (Å²) in [5, 5.41) is 15.2. The first-order valence-corrected chi connectivity index (χ1v) is 24.6. The van der Waals surface area contributed by atoms with E-state index in [1.165, 1.54) is 10.4 Å². The molecule has 1 saturated heterocycles. The van der Waals surface area contributed by atoms with Gasteiger partial charge in [0.1, 0.15) is 0 Å². The lowest BCUT2D eigenvalue weighted by molar-refractivity contribution is -0.250. The van der Waals surface area contributed by atoms with Crippen LogP contribution in [-0.2, 0) is 18.3 Å². The summed E-state index contributed by atoms with van der Waals surface area (Å²) in [4.78, 5) is 0. The maximum atomic E-state index is 12.4. The van der Waals surface area contributed by atoms with Crippen LogP contribution in [0.15, 0.2) is 60.7 Å². The first kappa shape index (κ1) is 38.4. The van der Waals surface area contributed by atoms with Crippen LogP contribution in [0, 0.1) is 28.6 Å². The standard InChI is InChI=1S/C43H68O5Si2/c1-39(2,3)49(9,10)47-28-24-32-31-33(48-50(40(4,5)6,34-17-13-11-14-18-34)35-19-15-12-16-20-35)21-25-41(32,7)36-22-26-42(8)37(38(36)44)23-27-43(42)45-29-30-46-43/h11-20,32-33,36-38,44H,21-31H2,1-10H3/t32-,33-,36-,37-,38+,41-,42-/m0/s1. The van der Waals surface area contributed by atoms with E-state index in [1.807, 2.05) is 0 Å². The molecule has 4 aliphatic rings. The van der Waals surface area contributed by atoms with Crippen LogP contribution < -0.4 is 10.4 Å². The van der Waals surface area contributed by atoms with Gasteiger partial charge in [-0.3, -0.25) is 0 Å². The quantitative estimate of drug-likeness (QED) is 0.262. The summed E-state index contributed by atoms with van der Waals surface area (Å²) in [6, 6.07) is 22.2. The van der Waals surface area contributed by atoms with E-state index < -0.39 is 22.4 Å². The molecule has 1 aliphatic heterocycles. The third kappa shape index (κ3) is 6.47. The number of hydrogen-bond acceptors (Lipinski definition) is 5. The Hall–Kier alpha value is -1.33. The van der Waals surface area contributed by atoms with Crippen LogP contribution in [0.2, 0.25) is 23.2 Å². The summed E-state index contributed by atoms with van der Waals surface area (Å²) in [6.07, 6.45) is 7.80. The number of aliphatic hydroxyl groups excluding tert-OH is 1. The van der Waals surface area contributed by atoms with E-state index in [-0.39, 0.29) is 45.0 Å². The van der Waals surface area contributed by atoms with Gasteiger partial charge in [-0.05, 0) is 102 Å². The van der Waals surface area contributed by atoms with Crippen molar-refractivity contribution in [3.05, 3.63) is 60.7 Å². The molecule has 1 N–H and O–H groups in total. The lowest BCUT2D eigenvalue weighted by Gasteiger charge is -2.57. The molecule has 7 heteroatoms. The minimum Gasteiger partial charge on any atom is -0.417 e. The summed E-state index contributed by atoms with van der Waals surface area (Å²) in [6.45, 7) is 25.9. The smallest absolute Gasteiger partial charge is 0.261 e. The van der Waals surface area contributed by atoms with Gasteiger partial charge in [0.15, 0.2) is 14.1 Å². The van der Waals surface area contributed by atoms with E-state index in [2.05, 4.69) is 129 Å². The molecule has 5 nitrogen and oxygen atoms in total. The second kappa shape index (κ2) is 13.8. The van der Waals surface area contributed by atoms with Crippen LogP contribution in [0.1, 0.15) is 107 Å². The van der Waals surface area contributed by atoms with Gasteiger partial charge in [-0.2, -0.15) is 0 Å². The highest BCUT2D eigenvalue weighted by molar-refractivity contribution is 6.99. The second-order valence-corrected chi connectivity index (χ2v) is 28.5.